The van der Waals surface area contributed by atoms with Gasteiger partial charge in [0.05, 0.1) is 23.6 Å². The molecule has 9 heteroatoms. The van der Waals surface area contributed by atoms with Crippen molar-refractivity contribution in [1.82, 2.24) is 4.98 Å². The van der Waals surface area contributed by atoms with Gasteiger partial charge in [-0.1, -0.05) is 0 Å². The average molecular weight is 463 g/mol. The highest BCUT2D eigenvalue weighted by molar-refractivity contribution is 6.07. The van der Waals surface area contributed by atoms with Crippen molar-refractivity contribution in [2.24, 2.45) is 0 Å². The molecule has 0 saturated carbocycles. The number of nitrogens with zero attached hydrogens (tertiary/aromatic N) is 2. The molecule has 34 heavy (non-hydrogen) atoms. The number of hydrogen-bond donors (Lipinski definition) is 1. The Kier molecular flexibility index (Phi) is 5.67. The summed E-state index contributed by atoms with van der Waals surface area (Å²) < 4.78 is 37.5. The molecule has 0 spiro atoms. The second-order valence-corrected chi connectivity index (χ2v) is 7.85. The van der Waals surface area contributed by atoms with Crippen molar-refractivity contribution < 1.29 is 27.2 Å². The third kappa shape index (κ3) is 4.32. The van der Waals surface area contributed by atoms with E-state index in [0.717, 1.165) is 23.4 Å². The Bertz CT molecular complexity index is 1360. The van der Waals surface area contributed by atoms with Crippen LogP contribution in [0.5, 0.6) is 0 Å². The maximum Gasteiger partial charge on any atom is 0.261 e. The van der Waals surface area contributed by atoms with Crippen molar-refractivity contribution in [3.05, 3.63) is 89.8 Å². The topological polar surface area (TPSA) is 88.6 Å². The second kappa shape index (κ2) is 8.93. The van der Waals surface area contributed by atoms with Crippen LogP contribution < -0.4 is 10.2 Å². The van der Waals surface area contributed by atoms with Gasteiger partial charge in [0.15, 0.2) is 11.7 Å². The number of anilines is 2. The minimum absolute atomic E-state index is 0.100. The summed E-state index contributed by atoms with van der Waals surface area (Å²) in [6.07, 6.45) is 5.23. The Balaban J connectivity index is 1.19. The molecule has 2 aromatic carbocycles. The smallest absolute Gasteiger partial charge is 0.261 e. The molecule has 0 radical (unpaired) electrons. The lowest BCUT2D eigenvalue weighted by molar-refractivity contribution is -0.116. The zero-order chi connectivity index (χ0) is 23.7. The molecule has 0 saturated heterocycles. The van der Waals surface area contributed by atoms with Gasteiger partial charge in [0.1, 0.15) is 17.9 Å². The van der Waals surface area contributed by atoms with E-state index >= 15 is 0 Å². The van der Waals surface area contributed by atoms with E-state index in [4.69, 9.17) is 8.83 Å². The molecule has 1 N–H and O–H groups in total. The van der Waals surface area contributed by atoms with Crippen LogP contribution in [0.15, 0.2) is 70.0 Å². The van der Waals surface area contributed by atoms with E-state index in [1.165, 1.54) is 24.8 Å². The van der Waals surface area contributed by atoms with Gasteiger partial charge < -0.3 is 19.1 Å². The van der Waals surface area contributed by atoms with E-state index in [1.807, 2.05) is 12.1 Å². The Morgan fingerprint density at radius 3 is 2.79 bits per heavy atom. The number of furan rings is 1. The van der Waals surface area contributed by atoms with Crippen molar-refractivity contribution in [1.29, 1.82) is 0 Å². The number of amides is 2. The standard InChI is InChI=1S/C25H19F2N3O4/c26-17-1-3-19(20(27)12-17)22-13-28-24(34-22)6-5-23(31)29-18-2-4-21-15(11-18)7-9-30(21)25(32)16-8-10-33-14-16/h1-4,8,10-14H,5-7,9H2,(H,29,31). The van der Waals surface area contributed by atoms with Gasteiger partial charge in [-0.05, 0) is 48.4 Å². The van der Waals surface area contributed by atoms with Gasteiger partial charge in [-0.15, -0.1) is 0 Å². The van der Waals surface area contributed by atoms with Crippen LogP contribution in [-0.4, -0.2) is 23.3 Å². The van der Waals surface area contributed by atoms with Crippen molar-refractivity contribution in [3.8, 4) is 11.3 Å². The van der Waals surface area contributed by atoms with Crippen LogP contribution in [0.25, 0.3) is 11.3 Å². The number of fused-ring (bicyclic) bond motifs is 1. The fraction of sp³-hybridized carbons (Fsp3) is 0.160. The number of carbonyl (C=O) groups excluding carboxylic acids is 2. The highest BCUT2D eigenvalue weighted by atomic mass is 19.1. The lowest BCUT2D eigenvalue weighted by atomic mass is 10.1. The van der Waals surface area contributed by atoms with Gasteiger partial charge in [-0.25, -0.2) is 13.8 Å². The molecule has 0 bridgehead atoms. The number of rotatable bonds is 6. The van der Waals surface area contributed by atoms with E-state index in [9.17, 15) is 18.4 Å². The van der Waals surface area contributed by atoms with E-state index in [0.29, 0.717) is 24.2 Å². The van der Waals surface area contributed by atoms with Crippen LogP contribution >= 0.6 is 0 Å². The van der Waals surface area contributed by atoms with E-state index in [2.05, 4.69) is 10.3 Å². The number of benzene rings is 2. The third-order valence-electron chi connectivity index (χ3n) is 5.59. The molecule has 4 aromatic rings. The van der Waals surface area contributed by atoms with E-state index in [-0.39, 0.29) is 41.9 Å². The quantitative estimate of drug-likeness (QED) is 0.435. The number of aryl methyl sites for hydroxylation is 1. The highest BCUT2D eigenvalue weighted by Crippen LogP contribution is 2.32. The van der Waals surface area contributed by atoms with Gasteiger partial charge >= 0.3 is 0 Å². The number of carbonyl (C=O) groups is 2. The van der Waals surface area contributed by atoms with Crippen LogP contribution in [-0.2, 0) is 17.6 Å². The lowest BCUT2D eigenvalue weighted by Gasteiger charge is -2.16. The molecule has 0 unspecified atom stereocenters. The minimum atomic E-state index is -0.748. The minimum Gasteiger partial charge on any atom is -0.472 e. The van der Waals surface area contributed by atoms with Crippen molar-refractivity contribution in [2.75, 3.05) is 16.8 Å². The zero-order valence-corrected chi connectivity index (χ0v) is 17.9. The fourth-order valence-corrected chi connectivity index (χ4v) is 3.92. The molecular formula is C25H19F2N3O4. The molecular weight excluding hydrogens is 444 g/mol. The third-order valence-corrected chi connectivity index (χ3v) is 5.59. The van der Waals surface area contributed by atoms with Gasteiger partial charge in [-0.2, -0.15) is 0 Å². The largest absolute Gasteiger partial charge is 0.472 e. The van der Waals surface area contributed by atoms with Gasteiger partial charge in [-0.3, -0.25) is 9.59 Å². The number of oxazole rings is 1. The van der Waals surface area contributed by atoms with Crippen molar-refractivity contribution in [2.45, 2.75) is 19.3 Å². The number of halogens is 2. The molecule has 7 nitrogen and oxygen atoms in total. The molecule has 172 valence electrons. The summed E-state index contributed by atoms with van der Waals surface area (Å²) in [7, 11) is 0. The molecule has 0 aliphatic carbocycles. The first kappa shape index (κ1) is 21.6. The van der Waals surface area contributed by atoms with Gasteiger partial charge in [0.2, 0.25) is 5.91 Å². The summed E-state index contributed by atoms with van der Waals surface area (Å²) in [4.78, 5) is 30.8. The normalized spacial score (nSPS) is 12.6. The summed E-state index contributed by atoms with van der Waals surface area (Å²) in [5, 5.41) is 2.84. The van der Waals surface area contributed by atoms with Crippen molar-refractivity contribution in [3.63, 3.8) is 0 Å². The van der Waals surface area contributed by atoms with Crippen molar-refractivity contribution >= 4 is 23.2 Å². The number of aromatic nitrogens is 1. The van der Waals surface area contributed by atoms with E-state index in [1.54, 1.807) is 17.0 Å². The van der Waals surface area contributed by atoms with Crippen LogP contribution in [0.4, 0.5) is 20.2 Å². The predicted molar refractivity (Wildman–Crippen MR) is 119 cm³/mol. The summed E-state index contributed by atoms with van der Waals surface area (Å²) >= 11 is 0. The first-order chi connectivity index (χ1) is 16.5. The molecule has 0 fully saturated rings. The SMILES string of the molecule is O=C(CCc1ncc(-c2ccc(F)cc2F)o1)Nc1ccc2c(c1)CCN2C(=O)c1ccoc1. The second-order valence-electron chi connectivity index (χ2n) is 7.85. The lowest BCUT2D eigenvalue weighted by Crippen LogP contribution is -2.28. The monoisotopic (exact) mass is 463 g/mol. The average Bonchev–Trinajstić information content (AvgIpc) is 3.58. The molecule has 5 rings (SSSR count). The van der Waals surface area contributed by atoms with Crippen LogP contribution in [0.1, 0.15) is 28.2 Å². The Hall–Kier alpha value is -4.27. The first-order valence-corrected chi connectivity index (χ1v) is 10.6. The van der Waals surface area contributed by atoms with Crippen LogP contribution in [0, 0.1) is 11.6 Å². The Morgan fingerprint density at radius 1 is 1.12 bits per heavy atom. The van der Waals surface area contributed by atoms with E-state index < -0.39 is 11.6 Å². The zero-order valence-electron chi connectivity index (χ0n) is 17.9. The molecule has 3 heterocycles. The Labute approximate surface area is 193 Å². The molecule has 1 aliphatic heterocycles. The number of nitrogens with one attached hydrogen (secondary N) is 1. The Morgan fingerprint density at radius 2 is 2.00 bits per heavy atom. The molecule has 2 amide bonds. The molecule has 0 atom stereocenters. The highest BCUT2D eigenvalue weighted by Gasteiger charge is 2.26. The molecule has 2 aromatic heterocycles. The van der Waals surface area contributed by atoms with Crippen LogP contribution in [0.2, 0.25) is 0 Å². The summed E-state index contributed by atoms with van der Waals surface area (Å²) in [6.45, 7) is 0.553. The molecule has 1 aliphatic rings. The first-order valence-electron chi connectivity index (χ1n) is 10.6. The summed E-state index contributed by atoms with van der Waals surface area (Å²) in [6, 6.07) is 10.2. The summed E-state index contributed by atoms with van der Waals surface area (Å²) in [5.74, 6) is -1.35. The van der Waals surface area contributed by atoms with Gasteiger partial charge in [0.25, 0.3) is 5.91 Å². The fourth-order valence-electron chi connectivity index (χ4n) is 3.92. The van der Waals surface area contributed by atoms with Crippen LogP contribution in [0.3, 0.4) is 0 Å². The summed E-state index contributed by atoms with van der Waals surface area (Å²) in [5.41, 5.74) is 2.99. The maximum atomic E-state index is 13.9. The number of hydrogen-bond acceptors (Lipinski definition) is 5. The maximum absolute atomic E-state index is 13.9. The predicted octanol–water partition coefficient (Wildman–Crippen LogP) is 4.99. The van der Waals surface area contributed by atoms with Gasteiger partial charge in [0, 0.05) is 36.8 Å².